The van der Waals surface area contributed by atoms with Crippen molar-refractivity contribution in [3.05, 3.63) is 53.1 Å². The highest BCUT2D eigenvalue weighted by molar-refractivity contribution is 6.31. The molecule has 0 aliphatic carbocycles. The van der Waals surface area contributed by atoms with Crippen LogP contribution in [-0.4, -0.2) is 23.1 Å². The molecule has 0 spiro atoms. The van der Waals surface area contributed by atoms with E-state index in [1.165, 1.54) is 24.3 Å². The lowest BCUT2D eigenvalue weighted by Gasteiger charge is -2.11. The Balaban J connectivity index is 2.11. The Labute approximate surface area is 144 Å². The van der Waals surface area contributed by atoms with Crippen LogP contribution in [-0.2, 0) is 0 Å². The molecule has 3 amide bonds. The van der Waals surface area contributed by atoms with Crippen LogP contribution in [0, 0.1) is 0 Å². The number of carbonyl (C=O) groups excluding carboxylic acids is 2. The van der Waals surface area contributed by atoms with Crippen molar-refractivity contribution >= 4 is 34.9 Å². The lowest BCUT2D eigenvalue weighted by molar-refractivity contribution is 0.102. The van der Waals surface area contributed by atoms with Gasteiger partial charge in [-0.2, -0.15) is 0 Å². The second-order valence-electron chi connectivity index (χ2n) is 5.45. The summed E-state index contributed by atoms with van der Waals surface area (Å²) in [6.07, 6.45) is 0. The summed E-state index contributed by atoms with van der Waals surface area (Å²) < 4.78 is 0. The molecular formula is C17H18ClN3O3. The molecule has 2 aromatic carbocycles. The molecule has 7 heteroatoms. The van der Waals surface area contributed by atoms with Gasteiger partial charge in [0.2, 0.25) is 0 Å². The molecule has 0 fully saturated rings. The predicted octanol–water partition coefficient (Wildman–Crippen LogP) is 3.83. The van der Waals surface area contributed by atoms with E-state index < -0.39 is 5.91 Å². The molecule has 0 saturated heterocycles. The van der Waals surface area contributed by atoms with Gasteiger partial charge in [0.15, 0.2) is 0 Å². The number of halogens is 1. The number of rotatable bonds is 4. The Morgan fingerprint density at radius 1 is 1.08 bits per heavy atom. The lowest BCUT2D eigenvalue weighted by atomic mass is 10.1. The van der Waals surface area contributed by atoms with E-state index in [9.17, 15) is 14.7 Å². The number of hydrogen-bond acceptors (Lipinski definition) is 3. The van der Waals surface area contributed by atoms with Crippen LogP contribution >= 0.6 is 11.6 Å². The largest absolute Gasteiger partial charge is 0.506 e. The molecule has 0 unspecified atom stereocenters. The zero-order valence-electron chi connectivity index (χ0n) is 13.3. The normalized spacial score (nSPS) is 10.3. The van der Waals surface area contributed by atoms with Crippen molar-refractivity contribution in [2.24, 2.45) is 0 Å². The molecule has 0 aliphatic heterocycles. The van der Waals surface area contributed by atoms with Gasteiger partial charge in [-0.1, -0.05) is 17.7 Å². The van der Waals surface area contributed by atoms with Gasteiger partial charge >= 0.3 is 6.03 Å². The van der Waals surface area contributed by atoms with E-state index in [1.807, 2.05) is 13.8 Å². The number of nitrogens with one attached hydrogen (secondary N) is 3. The van der Waals surface area contributed by atoms with Crippen LogP contribution in [0.15, 0.2) is 42.5 Å². The van der Waals surface area contributed by atoms with Crippen LogP contribution in [0.5, 0.6) is 5.75 Å². The Morgan fingerprint density at radius 2 is 1.83 bits per heavy atom. The van der Waals surface area contributed by atoms with Crippen molar-refractivity contribution in [2.75, 3.05) is 10.6 Å². The molecule has 2 aromatic rings. The highest BCUT2D eigenvalue weighted by Gasteiger charge is 2.11. The van der Waals surface area contributed by atoms with Gasteiger partial charge in [-0.25, -0.2) is 4.79 Å². The van der Waals surface area contributed by atoms with E-state index in [2.05, 4.69) is 16.0 Å². The minimum atomic E-state index is -0.430. The molecule has 6 nitrogen and oxygen atoms in total. The van der Waals surface area contributed by atoms with E-state index in [0.717, 1.165) is 0 Å². The van der Waals surface area contributed by atoms with Crippen molar-refractivity contribution in [3.8, 4) is 5.75 Å². The molecule has 2 rings (SSSR count). The van der Waals surface area contributed by atoms with Crippen molar-refractivity contribution in [3.63, 3.8) is 0 Å². The summed E-state index contributed by atoms with van der Waals surface area (Å²) in [5.74, 6) is -0.515. The van der Waals surface area contributed by atoms with Crippen LogP contribution in [0.4, 0.5) is 16.2 Å². The van der Waals surface area contributed by atoms with Crippen LogP contribution in [0.3, 0.4) is 0 Å². The fraction of sp³-hybridized carbons (Fsp3) is 0.176. The van der Waals surface area contributed by atoms with E-state index in [4.69, 9.17) is 11.6 Å². The molecule has 24 heavy (non-hydrogen) atoms. The van der Waals surface area contributed by atoms with Gasteiger partial charge in [-0.05, 0) is 50.2 Å². The first-order valence-electron chi connectivity index (χ1n) is 7.32. The summed E-state index contributed by atoms with van der Waals surface area (Å²) in [5.41, 5.74) is 1.02. The Hall–Kier alpha value is -2.73. The van der Waals surface area contributed by atoms with Crippen LogP contribution < -0.4 is 16.0 Å². The predicted molar refractivity (Wildman–Crippen MR) is 94.8 cm³/mol. The minimum Gasteiger partial charge on any atom is -0.506 e. The molecular weight excluding hydrogens is 330 g/mol. The summed E-state index contributed by atoms with van der Waals surface area (Å²) in [7, 11) is 0. The van der Waals surface area contributed by atoms with Gasteiger partial charge in [0.25, 0.3) is 5.91 Å². The number of carbonyl (C=O) groups is 2. The Kier molecular flexibility index (Phi) is 5.65. The van der Waals surface area contributed by atoms with Crippen LogP contribution in [0.2, 0.25) is 5.02 Å². The van der Waals surface area contributed by atoms with Crippen LogP contribution in [0.25, 0.3) is 0 Å². The van der Waals surface area contributed by atoms with E-state index in [0.29, 0.717) is 16.3 Å². The molecule has 0 aromatic heterocycles. The van der Waals surface area contributed by atoms with Crippen molar-refractivity contribution in [1.82, 2.24) is 5.32 Å². The highest BCUT2D eigenvalue weighted by Crippen LogP contribution is 2.27. The molecule has 4 N–H and O–H groups in total. The molecule has 0 saturated carbocycles. The maximum Gasteiger partial charge on any atom is 0.319 e. The second-order valence-corrected chi connectivity index (χ2v) is 5.89. The summed E-state index contributed by atoms with van der Waals surface area (Å²) in [4.78, 5) is 24.0. The Morgan fingerprint density at radius 3 is 2.54 bits per heavy atom. The quantitative estimate of drug-likeness (QED) is 0.633. The summed E-state index contributed by atoms with van der Waals surface area (Å²) in [6, 6.07) is 10.5. The topological polar surface area (TPSA) is 90.5 Å². The van der Waals surface area contributed by atoms with Gasteiger partial charge in [-0.3, -0.25) is 4.79 Å². The first-order valence-corrected chi connectivity index (χ1v) is 7.70. The third kappa shape index (κ3) is 4.89. The average Bonchev–Trinajstić information content (AvgIpc) is 2.50. The Bertz CT molecular complexity index is 762. The van der Waals surface area contributed by atoms with Gasteiger partial charge < -0.3 is 21.1 Å². The zero-order chi connectivity index (χ0) is 17.7. The fourth-order valence-electron chi connectivity index (χ4n) is 1.97. The standard InChI is InChI=1S/C17H18ClN3O3/c1-10(2)19-17(24)20-13-5-3-4-11(8-13)16(23)21-14-9-12(18)6-7-15(14)22/h3-10,22H,1-2H3,(H,21,23)(H2,19,20,24). The number of anilines is 2. The molecule has 0 aliphatic rings. The first kappa shape index (κ1) is 17.6. The zero-order valence-corrected chi connectivity index (χ0v) is 14.0. The monoisotopic (exact) mass is 347 g/mol. The number of phenolic OH excluding ortho intramolecular Hbond substituents is 1. The summed E-state index contributed by atoms with van der Waals surface area (Å²) >= 11 is 5.85. The molecule has 0 atom stereocenters. The number of aromatic hydroxyl groups is 1. The van der Waals surface area contributed by atoms with E-state index in [-0.39, 0.29) is 23.5 Å². The molecule has 126 valence electrons. The minimum absolute atomic E-state index is 0.00212. The van der Waals surface area contributed by atoms with Gasteiger partial charge in [0, 0.05) is 22.3 Å². The smallest absolute Gasteiger partial charge is 0.319 e. The van der Waals surface area contributed by atoms with Crippen LogP contribution in [0.1, 0.15) is 24.2 Å². The second kappa shape index (κ2) is 7.70. The third-order valence-electron chi connectivity index (χ3n) is 3.01. The number of hydrogen-bond donors (Lipinski definition) is 4. The van der Waals surface area contributed by atoms with Crippen molar-refractivity contribution < 1.29 is 14.7 Å². The molecule has 0 radical (unpaired) electrons. The summed E-state index contributed by atoms with van der Waals surface area (Å²) in [5, 5.41) is 18.1. The number of amides is 3. The van der Waals surface area contributed by atoms with Gasteiger partial charge in [-0.15, -0.1) is 0 Å². The highest BCUT2D eigenvalue weighted by atomic mass is 35.5. The maximum absolute atomic E-state index is 12.3. The van der Waals surface area contributed by atoms with E-state index in [1.54, 1.807) is 18.2 Å². The third-order valence-corrected chi connectivity index (χ3v) is 3.24. The molecule has 0 heterocycles. The SMILES string of the molecule is CC(C)NC(=O)Nc1cccc(C(=O)Nc2cc(Cl)ccc2O)c1. The van der Waals surface area contributed by atoms with Gasteiger partial charge in [0.1, 0.15) is 5.75 Å². The van der Waals surface area contributed by atoms with E-state index >= 15 is 0 Å². The van der Waals surface area contributed by atoms with Crippen molar-refractivity contribution in [1.29, 1.82) is 0 Å². The summed E-state index contributed by atoms with van der Waals surface area (Å²) in [6.45, 7) is 3.70. The fourth-order valence-corrected chi connectivity index (χ4v) is 2.14. The number of phenols is 1. The first-order chi connectivity index (χ1) is 11.3. The number of urea groups is 1. The van der Waals surface area contributed by atoms with Crippen molar-refractivity contribution in [2.45, 2.75) is 19.9 Å². The average molecular weight is 348 g/mol. The lowest BCUT2D eigenvalue weighted by Crippen LogP contribution is -2.34. The van der Waals surface area contributed by atoms with Gasteiger partial charge in [0.05, 0.1) is 5.69 Å². The molecule has 0 bridgehead atoms. The number of benzene rings is 2. The maximum atomic E-state index is 12.3.